The number of hydrogen-bond acceptors (Lipinski definition) is 2. The van der Waals surface area contributed by atoms with Crippen LogP contribution >= 0.6 is 11.6 Å². The van der Waals surface area contributed by atoms with E-state index < -0.39 is 0 Å². The Labute approximate surface area is 102 Å². The molecule has 1 heterocycles. The Bertz CT molecular complexity index is 304. The van der Waals surface area contributed by atoms with E-state index in [0.717, 1.165) is 18.8 Å². The van der Waals surface area contributed by atoms with Crippen molar-refractivity contribution >= 4 is 17.5 Å². The minimum absolute atomic E-state index is 0.00849. The van der Waals surface area contributed by atoms with Gasteiger partial charge in [0.2, 0.25) is 5.91 Å². The molecule has 0 atom stereocenters. The maximum atomic E-state index is 11.4. The minimum atomic E-state index is 0.00849. The van der Waals surface area contributed by atoms with Gasteiger partial charge in [0, 0.05) is 31.9 Å². The van der Waals surface area contributed by atoms with Crippen LogP contribution in [0.3, 0.4) is 0 Å². The number of carbonyl (C=O) groups excluding carboxylic acids is 1. The second-order valence-electron chi connectivity index (χ2n) is 3.53. The van der Waals surface area contributed by atoms with Crippen LogP contribution in [0, 0.1) is 0 Å². The summed E-state index contributed by atoms with van der Waals surface area (Å²) >= 11 is 5.52. The fraction of sp³-hybridized carbons (Fsp3) is 0.417. The highest BCUT2D eigenvalue weighted by Crippen LogP contribution is 2.11. The third-order valence-corrected chi connectivity index (χ3v) is 2.84. The summed E-state index contributed by atoms with van der Waals surface area (Å²) in [6.45, 7) is 10.5. The van der Waals surface area contributed by atoms with Gasteiger partial charge in [0.05, 0.1) is 0 Å². The van der Waals surface area contributed by atoms with Crippen molar-refractivity contribution in [1.82, 2.24) is 9.80 Å². The van der Waals surface area contributed by atoms with E-state index in [1.165, 1.54) is 0 Å². The molecule has 0 radical (unpaired) electrons. The van der Waals surface area contributed by atoms with Gasteiger partial charge in [0.15, 0.2) is 0 Å². The molecule has 0 unspecified atom stereocenters. The summed E-state index contributed by atoms with van der Waals surface area (Å²) in [7, 11) is 0. The second-order valence-corrected chi connectivity index (χ2v) is 3.80. The number of rotatable bonds is 4. The summed E-state index contributed by atoms with van der Waals surface area (Å²) in [5, 5.41) is 0. The maximum Gasteiger partial charge on any atom is 0.237 e. The van der Waals surface area contributed by atoms with Crippen LogP contribution in [0.15, 0.2) is 37.1 Å². The van der Waals surface area contributed by atoms with E-state index in [0.29, 0.717) is 13.1 Å². The lowest BCUT2D eigenvalue weighted by Crippen LogP contribution is -2.48. The van der Waals surface area contributed by atoms with Crippen LogP contribution in [0.4, 0.5) is 0 Å². The first-order chi connectivity index (χ1) is 7.72. The highest BCUT2D eigenvalue weighted by Gasteiger charge is 2.20. The number of carbonyl (C=O) groups is 1. The van der Waals surface area contributed by atoms with Gasteiger partial charge in [-0.3, -0.25) is 4.79 Å². The summed E-state index contributed by atoms with van der Waals surface area (Å²) < 4.78 is 0. The number of amides is 1. The van der Waals surface area contributed by atoms with Crippen LogP contribution in [0.25, 0.3) is 0 Å². The Hall–Kier alpha value is -1.22. The van der Waals surface area contributed by atoms with Crippen LogP contribution in [-0.2, 0) is 4.79 Å². The molecule has 0 aromatic heterocycles. The normalized spacial score (nSPS) is 17.2. The van der Waals surface area contributed by atoms with E-state index in [9.17, 15) is 4.79 Å². The Morgan fingerprint density at radius 2 is 1.75 bits per heavy atom. The van der Waals surface area contributed by atoms with Crippen LogP contribution in [0.2, 0.25) is 0 Å². The molecule has 0 aliphatic carbocycles. The predicted molar refractivity (Wildman–Crippen MR) is 67.4 cm³/mol. The number of hydrogen-bond donors (Lipinski definition) is 0. The molecule has 1 amide bonds. The SMILES string of the molecule is C=C/C=C(\C=C)N1CCN(C(=O)CCl)CC1. The zero-order valence-corrected chi connectivity index (χ0v) is 10.1. The molecule has 88 valence electrons. The lowest BCUT2D eigenvalue weighted by atomic mass is 10.2. The third-order valence-electron chi connectivity index (χ3n) is 2.61. The first-order valence-corrected chi connectivity index (χ1v) is 5.80. The van der Waals surface area contributed by atoms with Crippen molar-refractivity contribution in [2.75, 3.05) is 32.1 Å². The lowest BCUT2D eigenvalue weighted by Gasteiger charge is -2.36. The van der Waals surface area contributed by atoms with Crippen molar-refractivity contribution in [2.24, 2.45) is 0 Å². The number of nitrogens with zero attached hydrogens (tertiary/aromatic N) is 2. The number of piperazine rings is 1. The summed E-state index contributed by atoms with van der Waals surface area (Å²) in [5.41, 5.74) is 1.05. The first-order valence-electron chi connectivity index (χ1n) is 5.26. The lowest BCUT2D eigenvalue weighted by molar-refractivity contribution is -0.129. The quantitative estimate of drug-likeness (QED) is 0.551. The Morgan fingerprint density at radius 3 is 2.19 bits per heavy atom. The fourth-order valence-electron chi connectivity index (χ4n) is 1.72. The van der Waals surface area contributed by atoms with Crippen LogP contribution in [0.1, 0.15) is 0 Å². The van der Waals surface area contributed by atoms with E-state index in [4.69, 9.17) is 11.6 Å². The van der Waals surface area contributed by atoms with Crippen LogP contribution < -0.4 is 0 Å². The Kier molecular flexibility index (Phi) is 5.12. The van der Waals surface area contributed by atoms with Crippen molar-refractivity contribution < 1.29 is 4.79 Å². The summed E-state index contributed by atoms with van der Waals surface area (Å²) in [5.74, 6) is 0.0748. The zero-order chi connectivity index (χ0) is 12.0. The molecular formula is C12H17ClN2O. The van der Waals surface area contributed by atoms with Gasteiger partial charge in [0.25, 0.3) is 0 Å². The molecule has 0 saturated carbocycles. The highest BCUT2D eigenvalue weighted by atomic mass is 35.5. The molecule has 0 aromatic carbocycles. The molecule has 0 bridgehead atoms. The van der Waals surface area contributed by atoms with Crippen LogP contribution in [-0.4, -0.2) is 47.8 Å². The van der Waals surface area contributed by atoms with E-state index in [1.54, 1.807) is 17.1 Å². The summed E-state index contributed by atoms with van der Waals surface area (Å²) in [4.78, 5) is 15.3. The van der Waals surface area contributed by atoms with Crippen LogP contribution in [0.5, 0.6) is 0 Å². The fourth-order valence-corrected chi connectivity index (χ4v) is 1.89. The second kappa shape index (κ2) is 6.38. The van der Waals surface area contributed by atoms with Gasteiger partial charge in [-0.25, -0.2) is 0 Å². The van der Waals surface area contributed by atoms with Gasteiger partial charge < -0.3 is 9.80 Å². The molecule has 1 aliphatic heterocycles. The number of alkyl halides is 1. The average molecular weight is 241 g/mol. The van der Waals surface area contributed by atoms with Crippen molar-refractivity contribution in [1.29, 1.82) is 0 Å². The first kappa shape index (κ1) is 12.8. The van der Waals surface area contributed by atoms with Gasteiger partial charge in [-0.05, 0) is 12.2 Å². The van der Waals surface area contributed by atoms with Gasteiger partial charge in [-0.1, -0.05) is 19.2 Å². The number of allylic oxidation sites excluding steroid dienone is 3. The number of halogens is 1. The largest absolute Gasteiger partial charge is 0.368 e. The molecule has 0 spiro atoms. The predicted octanol–water partition coefficient (Wildman–Crippen LogP) is 1.63. The molecule has 1 saturated heterocycles. The van der Waals surface area contributed by atoms with Crippen molar-refractivity contribution in [3.8, 4) is 0 Å². The molecule has 1 aliphatic rings. The van der Waals surface area contributed by atoms with Gasteiger partial charge in [0.1, 0.15) is 5.88 Å². The molecule has 3 nitrogen and oxygen atoms in total. The van der Waals surface area contributed by atoms with Gasteiger partial charge in [-0.15, -0.1) is 11.6 Å². The highest BCUT2D eigenvalue weighted by molar-refractivity contribution is 6.27. The topological polar surface area (TPSA) is 23.6 Å². The Morgan fingerprint density at radius 1 is 1.19 bits per heavy atom. The van der Waals surface area contributed by atoms with E-state index >= 15 is 0 Å². The molecule has 1 rings (SSSR count). The summed E-state index contributed by atoms with van der Waals surface area (Å²) in [6, 6.07) is 0. The van der Waals surface area contributed by atoms with Crippen molar-refractivity contribution in [2.45, 2.75) is 0 Å². The monoisotopic (exact) mass is 240 g/mol. The van der Waals surface area contributed by atoms with E-state index in [2.05, 4.69) is 18.1 Å². The molecule has 0 N–H and O–H groups in total. The van der Waals surface area contributed by atoms with E-state index in [1.807, 2.05) is 6.08 Å². The maximum absolute atomic E-state index is 11.4. The smallest absolute Gasteiger partial charge is 0.237 e. The van der Waals surface area contributed by atoms with Crippen molar-refractivity contribution in [3.63, 3.8) is 0 Å². The zero-order valence-electron chi connectivity index (χ0n) is 9.36. The van der Waals surface area contributed by atoms with Gasteiger partial charge in [-0.2, -0.15) is 0 Å². The third kappa shape index (κ3) is 3.14. The van der Waals surface area contributed by atoms with Crippen molar-refractivity contribution in [3.05, 3.63) is 37.1 Å². The summed E-state index contributed by atoms with van der Waals surface area (Å²) in [6.07, 6.45) is 5.47. The molecule has 4 heteroatoms. The Balaban J connectivity index is 2.54. The van der Waals surface area contributed by atoms with Gasteiger partial charge >= 0.3 is 0 Å². The molecule has 0 aromatic rings. The minimum Gasteiger partial charge on any atom is -0.368 e. The van der Waals surface area contributed by atoms with E-state index in [-0.39, 0.29) is 11.8 Å². The molecule has 1 fully saturated rings. The average Bonchev–Trinajstić information content (AvgIpc) is 2.35. The standard InChI is InChI=1S/C12H17ClN2O/c1-3-5-11(4-2)14-6-8-15(9-7-14)12(16)10-13/h3-5H,1-2,6-10H2/b11-5+. The molecule has 16 heavy (non-hydrogen) atoms. The molecular weight excluding hydrogens is 224 g/mol.